The minimum absolute atomic E-state index is 0.0148. The van der Waals surface area contributed by atoms with Crippen LogP contribution in [0.25, 0.3) is 5.57 Å². The van der Waals surface area contributed by atoms with E-state index in [0.717, 1.165) is 46.9 Å². The Labute approximate surface area is 170 Å². The first kappa shape index (κ1) is 18.8. The maximum Gasteiger partial charge on any atom is 0.226 e. The van der Waals surface area contributed by atoms with E-state index in [1.807, 2.05) is 12.1 Å². The molecule has 0 aliphatic carbocycles. The fraction of sp³-hybridized carbons (Fsp3) is 0.217. The Morgan fingerprint density at radius 1 is 1.31 bits per heavy atom. The van der Waals surface area contributed by atoms with Crippen molar-refractivity contribution in [3.8, 4) is 0 Å². The molecule has 0 unspecified atom stereocenters. The average Bonchev–Trinajstić information content (AvgIpc) is 3.07. The number of hydrogen-bond donors (Lipinski definition) is 3. The SMILES string of the molecule is C=C[C@@H]1CC(=O)Nc2cccc(N3CCc4ccc(C(C=NC)=CN)cc43)c2N1. The van der Waals surface area contributed by atoms with Crippen molar-refractivity contribution in [3.05, 3.63) is 66.4 Å². The van der Waals surface area contributed by atoms with Gasteiger partial charge in [0.1, 0.15) is 0 Å². The van der Waals surface area contributed by atoms with Crippen LogP contribution >= 0.6 is 0 Å². The highest BCUT2D eigenvalue weighted by Crippen LogP contribution is 2.43. The summed E-state index contributed by atoms with van der Waals surface area (Å²) in [6, 6.07) is 12.3. The summed E-state index contributed by atoms with van der Waals surface area (Å²) in [5, 5.41) is 6.50. The second-order valence-electron chi connectivity index (χ2n) is 7.19. The molecule has 29 heavy (non-hydrogen) atoms. The number of carbonyl (C=O) groups excluding carboxylic acids is 1. The van der Waals surface area contributed by atoms with E-state index in [4.69, 9.17) is 5.73 Å². The van der Waals surface area contributed by atoms with Crippen LogP contribution in [0, 0.1) is 0 Å². The van der Waals surface area contributed by atoms with Crippen molar-refractivity contribution >= 4 is 40.4 Å². The van der Waals surface area contributed by atoms with Gasteiger partial charge in [-0.3, -0.25) is 9.79 Å². The zero-order chi connectivity index (χ0) is 20.4. The van der Waals surface area contributed by atoms with E-state index in [1.165, 1.54) is 5.56 Å². The predicted octanol–water partition coefficient (Wildman–Crippen LogP) is 3.69. The van der Waals surface area contributed by atoms with Gasteiger partial charge in [-0.2, -0.15) is 0 Å². The van der Waals surface area contributed by atoms with Crippen molar-refractivity contribution in [2.75, 3.05) is 29.1 Å². The number of para-hydroxylation sites is 1. The summed E-state index contributed by atoms with van der Waals surface area (Å²) in [6.45, 7) is 4.74. The van der Waals surface area contributed by atoms with Crippen molar-refractivity contribution in [3.63, 3.8) is 0 Å². The van der Waals surface area contributed by atoms with Crippen LogP contribution in [-0.4, -0.2) is 31.8 Å². The van der Waals surface area contributed by atoms with Crippen molar-refractivity contribution in [1.82, 2.24) is 0 Å². The molecule has 6 nitrogen and oxygen atoms in total. The number of anilines is 4. The van der Waals surface area contributed by atoms with E-state index >= 15 is 0 Å². The Kier molecular flexibility index (Phi) is 5.08. The Morgan fingerprint density at radius 3 is 2.93 bits per heavy atom. The van der Waals surface area contributed by atoms with Gasteiger partial charge in [-0.1, -0.05) is 24.3 Å². The smallest absolute Gasteiger partial charge is 0.226 e. The Balaban J connectivity index is 1.79. The molecule has 1 atom stereocenters. The molecule has 0 aromatic heterocycles. The lowest BCUT2D eigenvalue weighted by atomic mass is 10.0. The number of carbonyl (C=O) groups is 1. The lowest BCUT2D eigenvalue weighted by Gasteiger charge is -2.26. The zero-order valence-corrected chi connectivity index (χ0v) is 16.5. The highest BCUT2D eigenvalue weighted by atomic mass is 16.1. The fourth-order valence-electron chi connectivity index (χ4n) is 3.96. The average molecular weight is 387 g/mol. The first-order valence-electron chi connectivity index (χ1n) is 9.71. The zero-order valence-electron chi connectivity index (χ0n) is 16.5. The molecule has 4 N–H and O–H groups in total. The van der Waals surface area contributed by atoms with Gasteiger partial charge in [-0.05, 0) is 35.7 Å². The molecular weight excluding hydrogens is 362 g/mol. The topological polar surface area (TPSA) is 82.8 Å². The van der Waals surface area contributed by atoms with Crippen LogP contribution in [-0.2, 0) is 11.2 Å². The number of rotatable bonds is 4. The second-order valence-corrected chi connectivity index (χ2v) is 7.19. The van der Waals surface area contributed by atoms with Crippen LogP contribution in [0.3, 0.4) is 0 Å². The molecule has 2 aliphatic rings. The summed E-state index contributed by atoms with van der Waals surface area (Å²) >= 11 is 0. The number of nitrogens with zero attached hydrogens (tertiary/aromatic N) is 2. The van der Waals surface area contributed by atoms with E-state index in [0.29, 0.717) is 6.42 Å². The summed E-state index contributed by atoms with van der Waals surface area (Å²) < 4.78 is 0. The molecule has 2 aromatic rings. The highest BCUT2D eigenvalue weighted by Gasteiger charge is 2.27. The molecule has 2 heterocycles. The van der Waals surface area contributed by atoms with E-state index < -0.39 is 0 Å². The molecule has 6 heteroatoms. The molecular formula is C23H25N5O. The van der Waals surface area contributed by atoms with Gasteiger partial charge in [-0.15, -0.1) is 6.58 Å². The minimum atomic E-state index is -0.113. The summed E-state index contributed by atoms with van der Waals surface area (Å²) in [6.07, 6.45) is 6.44. The molecule has 0 saturated carbocycles. The molecule has 148 valence electrons. The number of hydrogen-bond acceptors (Lipinski definition) is 5. The van der Waals surface area contributed by atoms with Gasteiger partial charge >= 0.3 is 0 Å². The van der Waals surface area contributed by atoms with Crippen molar-refractivity contribution in [2.24, 2.45) is 10.7 Å². The van der Waals surface area contributed by atoms with Crippen LogP contribution in [0.15, 0.2) is 60.2 Å². The van der Waals surface area contributed by atoms with Gasteiger partial charge in [0.25, 0.3) is 0 Å². The van der Waals surface area contributed by atoms with Crippen LogP contribution in [0.2, 0.25) is 0 Å². The normalized spacial score (nSPS) is 18.7. The minimum Gasteiger partial charge on any atom is -0.404 e. The van der Waals surface area contributed by atoms with Crippen molar-refractivity contribution < 1.29 is 4.79 Å². The van der Waals surface area contributed by atoms with E-state index in [1.54, 1.807) is 25.5 Å². The molecule has 0 fully saturated rings. The van der Waals surface area contributed by atoms with E-state index in [2.05, 4.69) is 51.4 Å². The lowest BCUT2D eigenvalue weighted by molar-refractivity contribution is -0.116. The molecule has 0 saturated heterocycles. The third-order valence-corrected chi connectivity index (χ3v) is 5.39. The van der Waals surface area contributed by atoms with Gasteiger partial charge in [0.15, 0.2) is 0 Å². The van der Waals surface area contributed by atoms with Crippen LogP contribution in [0.5, 0.6) is 0 Å². The lowest BCUT2D eigenvalue weighted by Crippen LogP contribution is -2.21. The fourth-order valence-corrected chi connectivity index (χ4v) is 3.96. The molecule has 2 aliphatic heterocycles. The molecule has 4 rings (SSSR count). The number of aliphatic imine (C=N–C) groups is 1. The third kappa shape index (κ3) is 3.49. The molecule has 0 radical (unpaired) electrons. The van der Waals surface area contributed by atoms with Crippen LogP contribution in [0.1, 0.15) is 17.5 Å². The predicted molar refractivity (Wildman–Crippen MR) is 121 cm³/mol. The van der Waals surface area contributed by atoms with Crippen molar-refractivity contribution in [2.45, 2.75) is 18.9 Å². The number of nitrogens with one attached hydrogen (secondary N) is 2. The van der Waals surface area contributed by atoms with E-state index in [9.17, 15) is 4.79 Å². The van der Waals surface area contributed by atoms with Gasteiger partial charge < -0.3 is 21.3 Å². The second kappa shape index (κ2) is 7.83. The first-order valence-corrected chi connectivity index (χ1v) is 9.71. The summed E-state index contributed by atoms with van der Waals surface area (Å²) in [5.74, 6) is -0.0148. The van der Waals surface area contributed by atoms with Gasteiger partial charge in [0.2, 0.25) is 5.91 Å². The number of nitrogens with two attached hydrogens (primary N) is 1. The Bertz CT molecular complexity index is 1020. The maximum atomic E-state index is 12.2. The largest absolute Gasteiger partial charge is 0.404 e. The first-order chi connectivity index (χ1) is 14.1. The summed E-state index contributed by atoms with van der Waals surface area (Å²) in [7, 11) is 1.73. The van der Waals surface area contributed by atoms with E-state index in [-0.39, 0.29) is 11.9 Å². The number of allylic oxidation sites excluding steroid dienone is 1. The monoisotopic (exact) mass is 387 g/mol. The van der Waals surface area contributed by atoms with Crippen LogP contribution in [0.4, 0.5) is 22.7 Å². The molecule has 1 amide bonds. The van der Waals surface area contributed by atoms with Gasteiger partial charge in [-0.25, -0.2) is 0 Å². The molecule has 0 bridgehead atoms. The molecule has 0 spiro atoms. The van der Waals surface area contributed by atoms with Crippen LogP contribution < -0.4 is 21.3 Å². The number of fused-ring (bicyclic) bond motifs is 2. The third-order valence-electron chi connectivity index (χ3n) is 5.39. The maximum absolute atomic E-state index is 12.2. The Morgan fingerprint density at radius 2 is 2.17 bits per heavy atom. The quantitative estimate of drug-likeness (QED) is 0.552. The summed E-state index contributed by atoms with van der Waals surface area (Å²) in [4.78, 5) is 18.6. The highest BCUT2D eigenvalue weighted by molar-refractivity contribution is 6.10. The van der Waals surface area contributed by atoms with Gasteiger partial charge in [0.05, 0.1) is 29.5 Å². The summed E-state index contributed by atoms with van der Waals surface area (Å²) in [5.41, 5.74) is 12.9. The standard InChI is InChI=1S/C23H25N5O/c1-3-18-12-22(29)27-19-5-4-6-20(23(19)26-18)28-10-9-15-7-8-16(11-21(15)28)17(13-24)14-25-2/h3-8,11,13-14,18,26H,1,9-10,12,24H2,2H3,(H,27,29)/t18-/m1/s1. The molecule has 2 aromatic carbocycles. The number of amides is 1. The Hall–Kier alpha value is -3.54. The van der Waals surface area contributed by atoms with Gasteiger partial charge in [0, 0.05) is 37.3 Å². The van der Waals surface area contributed by atoms with Crippen molar-refractivity contribution in [1.29, 1.82) is 0 Å². The number of benzene rings is 2.